The van der Waals surface area contributed by atoms with Gasteiger partial charge in [0.05, 0.1) is 12.2 Å². The largest absolute Gasteiger partial charge is 0.431 e. The number of nitrogens with zero attached hydrogens (tertiary/aromatic N) is 1. The number of unbranched alkanes of at least 4 members (excludes halogenated alkanes) is 3. The lowest BCUT2D eigenvalue weighted by Gasteiger charge is -2.35. The van der Waals surface area contributed by atoms with Gasteiger partial charge in [0.25, 0.3) is 5.22 Å². The molecule has 44 heavy (non-hydrogen) atoms. The fraction of sp³-hybridized carbons (Fsp3) is 0.324. The lowest BCUT2D eigenvalue weighted by Crippen LogP contribution is -2.46. The van der Waals surface area contributed by atoms with Gasteiger partial charge >= 0.3 is 0 Å². The zero-order chi connectivity index (χ0) is 30.6. The van der Waals surface area contributed by atoms with E-state index in [9.17, 15) is 9.59 Å². The fourth-order valence-electron chi connectivity index (χ4n) is 5.05. The molecule has 10 heteroatoms. The molecule has 1 saturated heterocycles. The number of nitrogens with one attached hydrogen (secondary N) is 2. The second-order valence-corrected chi connectivity index (χ2v) is 11.5. The lowest BCUT2D eigenvalue weighted by molar-refractivity contribution is -0.251. The molecular formula is C34H37N3O6S. The van der Waals surface area contributed by atoms with Crippen LogP contribution in [0.5, 0.6) is 0 Å². The number of hydrogen-bond donors (Lipinski definition) is 3. The van der Waals surface area contributed by atoms with E-state index in [1.807, 2.05) is 91.0 Å². The molecule has 2 amide bonds. The van der Waals surface area contributed by atoms with Crippen molar-refractivity contribution in [3.05, 3.63) is 96.6 Å². The first-order valence-corrected chi connectivity index (χ1v) is 15.9. The van der Waals surface area contributed by atoms with E-state index >= 15 is 0 Å². The Hall–Kier alpha value is -3.96. The van der Waals surface area contributed by atoms with Crippen molar-refractivity contribution in [3.8, 4) is 22.6 Å². The molecule has 0 aliphatic carbocycles. The molecular weight excluding hydrogens is 578 g/mol. The van der Waals surface area contributed by atoms with E-state index in [0.29, 0.717) is 36.7 Å². The van der Waals surface area contributed by atoms with Gasteiger partial charge in [0.2, 0.25) is 18.2 Å². The second-order valence-electron chi connectivity index (χ2n) is 10.6. The highest BCUT2D eigenvalue weighted by Crippen LogP contribution is 2.37. The number of hydroxylamine groups is 1. The first-order valence-electron chi connectivity index (χ1n) is 14.9. The van der Waals surface area contributed by atoms with E-state index in [1.165, 1.54) is 11.8 Å². The summed E-state index contributed by atoms with van der Waals surface area (Å²) in [5.41, 5.74) is 5.37. The molecule has 230 valence electrons. The van der Waals surface area contributed by atoms with Gasteiger partial charge in [-0.3, -0.25) is 14.8 Å². The first-order chi connectivity index (χ1) is 21.6. The van der Waals surface area contributed by atoms with Crippen molar-refractivity contribution in [2.45, 2.75) is 68.8 Å². The third kappa shape index (κ3) is 9.03. The van der Waals surface area contributed by atoms with E-state index in [0.717, 1.165) is 41.0 Å². The quantitative estimate of drug-likeness (QED) is 0.0606. The smallest absolute Gasteiger partial charge is 0.256 e. The summed E-state index contributed by atoms with van der Waals surface area (Å²) in [5.74, 6) is 0.724. The van der Waals surface area contributed by atoms with Gasteiger partial charge in [-0.05, 0) is 18.4 Å². The number of thioether (sulfide) groups is 1. The van der Waals surface area contributed by atoms with E-state index in [1.54, 1.807) is 5.48 Å². The Balaban J connectivity index is 1.22. The van der Waals surface area contributed by atoms with E-state index in [2.05, 4.69) is 5.32 Å². The van der Waals surface area contributed by atoms with Crippen molar-refractivity contribution in [1.82, 2.24) is 15.8 Å². The lowest BCUT2D eigenvalue weighted by atomic mass is 10.0. The minimum absolute atomic E-state index is 0.157. The maximum absolute atomic E-state index is 12.7. The number of amides is 2. The van der Waals surface area contributed by atoms with Crippen LogP contribution >= 0.6 is 11.8 Å². The summed E-state index contributed by atoms with van der Waals surface area (Å²) in [7, 11) is 0. The van der Waals surface area contributed by atoms with Gasteiger partial charge in [0, 0.05) is 36.1 Å². The zero-order valence-electron chi connectivity index (χ0n) is 24.4. The summed E-state index contributed by atoms with van der Waals surface area (Å²) >= 11 is 1.48. The molecule has 1 aliphatic rings. The summed E-state index contributed by atoms with van der Waals surface area (Å²) in [6, 6.07) is 29.9. The van der Waals surface area contributed by atoms with Crippen LogP contribution in [-0.4, -0.2) is 40.3 Å². The van der Waals surface area contributed by atoms with Crippen molar-refractivity contribution < 1.29 is 28.7 Å². The van der Waals surface area contributed by atoms with Crippen molar-refractivity contribution in [2.24, 2.45) is 0 Å². The van der Waals surface area contributed by atoms with Gasteiger partial charge < -0.3 is 19.2 Å². The van der Waals surface area contributed by atoms with E-state index in [-0.39, 0.29) is 24.5 Å². The molecule has 4 aromatic rings. The predicted octanol–water partition coefficient (Wildman–Crippen LogP) is 6.89. The third-order valence-electron chi connectivity index (χ3n) is 7.30. The van der Waals surface area contributed by atoms with Crippen molar-refractivity contribution in [1.29, 1.82) is 0 Å². The molecule has 9 nitrogen and oxygen atoms in total. The first kappa shape index (κ1) is 31.5. The minimum Gasteiger partial charge on any atom is -0.431 e. The summed E-state index contributed by atoms with van der Waals surface area (Å²) in [5, 5.41) is 12.0. The molecule has 0 spiro atoms. The molecule has 3 atom stereocenters. The van der Waals surface area contributed by atoms with Gasteiger partial charge in [0.15, 0.2) is 5.76 Å². The molecule has 1 aliphatic heterocycles. The Kier molecular flexibility index (Phi) is 11.6. The normalized spacial score (nSPS) is 18.1. The Bertz CT molecular complexity index is 1410. The summed E-state index contributed by atoms with van der Waals surface area (Å²) in [6.45, 7) is 0. The standard InChI is InChI=1S/C34H37N3O6S/c38-29(20-12-1-2-13-21-30(39)37-40)35-33-41-27(22-28(42-33)24-14-6-3-7-15-24)23-44-34-36-31(25-16-8-4-9-17-25)32(43-34)26-18-10-5-11-19-26/h3-11,14-19,27-28,33,40H,1-2,12-13,20-23H2,(H,35,38)(H,37,39). The molecule has 1 fully saturated rings. The van der Waals surface area contributed by atoms with Crippen LogP contribution in [0.3, 0.4) is 0 Å². The van der Waals surface area contributed by atoms with Crippen molar-refractivity contribution >= 4 is 23.6 Å². The van der Waals surface area contributed by atoms with Gasteiger partial charge in [-0.25, -0.2) is 10.5 Å². The predicted molar refractivity (Wildman–Crippen MR) is 167 cm³/mol. The van der Waals surface area contributed by atoms with Crippen LogP contribution in [0.2, 0.25) is 0 Å². The molecule has 3 N–H and O–H groups in total. The van der Waals surface area contributed by atoms with Crippen LogP contribution in [0.25, 0.3) is 22.6 Å². The Morgan fingerprint density at radius 1 is 0.795 bits per heavy atom. The highest BCUT2D eigenvalue weighted by Gasteiger charge is 2.32. The summed E-state index contributed by atoms with van der Waals surface area (Å²) < 4.78 is 18.7. The fourth-order valence-corrected chi connectivity index (χ4v) is 5.89. The molecule has 1 aromatic heterocycles. The van der Waals surface area contributed by atoms with Crippen LogP contribution in [0.15, 0.2) is 101 Å². The molecule has 3 aromatic carbocycles. The van der Waals surface area contributed by atoms with E-state index < -0.39 is 12.3 Å². The Labute approximate surface area is 261 Å². The Morgan fingerprint density at radius 2 is 1.41 bits per heavy atom. The van der Waals surface area contributed by atoms with Crippen LogP contribution in [0.1, 0.15) is 56.6 Å². The Morgan fingerprint density at radius 3 is 2.07 bits per heavy atom. The van der Waals surface area contributed by atoms with Gasteiger partial charge in [-0.15, -0.1) is 0 Å². The number of carbonyl (C=O) groups excluding carboxylic acids is 2. The zero-order valence-corrected chi connectivity index (χ0v) is 25.2. The number of hydrogen-bond acceptors (Lipinski definition) is 8. The van der Waals surface area contributed by atoms with Crippen LogP contribution in [0.4, 0.5) is 0 Å². The second kappa shape index (κ2) is 16.2. The number of oxazole rings is 1. The molecule has 3 unspecified atom stereocenters. The molecule has 2 heterocycles. The van der Waals surface area contributed by atoms with Crippen LogP contribution in [0, 0.1) is 0 Å². The maximum Gasteiger partial charge on any atom is 0.256 e. The maximum atomic E-state index is 12.7. The van der Waals surface area contributed by atoms with Crippen molar-refractivity contribution in [2.75, 3.05) is 5.75 Å². The van der Waals surface area contributed by atoms with Gasteiger partial charge in [0.1, 0.15) is 5.69 Å². The number of ether oxygens (including phenoxy) is 2. The third-order valence-corrected chi connectivity index (χ3v) is 8.26. The molecule has 5 rings (SSSR count). The SMILES string of the molecule is O=C(CCCCCCC(=O)NC1OC(CSc2nc(-c3ccccc3)c(-c3ccccc3)o2)CC(c2ccccc2)O1)NO. The number of aromatic nitrogens is 1. The monoisotopic (exact) mass is 615 g/mol. The minimum atomic E-state index is -0.885. The van der Waals surface area contributed by atoms with Crippen LogP contribution < -0.4 is 10.8 Å². The highest BCUT2D eigenvalue weighted by molar-refractivity contribution is 7.99. The van der Waals surface area contributed by atoms with Gasteiger partial charge in [-0.1, -0.05) is 116 Å². The molecule has 0 saturated carbocycles. The van der Waals surface area contributed by atoms with Crippen LogP contribution in [-0.2, 0) is 19.1 Å². The average molecular weight is 616 g/mol. The summed E-state index contributed by atoms with van der Waals surface area (Å²) in [4.78, 5) is 28.7. The topological polar surface area (TPSA) is 123 Å². The van der Waals surface area contributed by atoms with Gasteiger partial charge in [-0.2, -0.15) is 0 Å². The summed E-state index contributed by atoms with van der Waals surface area (Å²) in [6.07, 6.45) is 2.78. The van der Waals surface area contributed by atoms with E-state index in [4.69, 9.17) is 24.1 Å². The molecule has 0 radical (unpaired) electrons. The highest BCUT2D eigenvalue weighted by atomic mass is 32.2. The average Bonchev–Trinajstić information content (AvgIpc) is 3.51. The number of benzene rings is 3. The van der Waals surface area contributed by atoms with Crippen molar-refractivity contribution in [3.63, 3.8) is 0 Å². The number of rotatable bonds is 14. The molecule has 0 bridgehead atoms. The number of carbonyl (C=O) groups is 2.